The molecule has 8 heteroatoms. The van der Waals surface area contributed by atoms with E-state index in [0.29, 0.717) is 0 Å². The largest absolute Gasteiger partial charge is 0.445 e. The number of nitrogens with zero attached hydrogens (tertiary/aromatic N) is 2. The Labute approximate surface area is 163 Å². The Hall–Kier alpha value is -2.38. The number of hydrogen-bond acceptors (Lipinski definition) is 4. The van der Waals surface area contributed by atoms with Crippen LogP contribution in [0.5, 0.6) is 0 Å². The Bertz CT molecular complexity index is 721. The normalized spacial score (nSPS) is 23.9. The zero-order valence-corrected chi connectivity index (χ0v) is 16.4. The van der Waals surface area contributed by atoms with Gasteiger partial charge in [-0.2, -0.15) is 0 Å². The summed E-state index contributed by atoms with van der Waals surface area (Å²) in [5.74, 6) is -4.21. The molecule has 0 radical (unpaired) electrons. The fourth-order valence-corrected chi connectivity index (χ4v) is 3.68. The van der Waals surface area contributed by atoms with Crippen LogP contribution in [-0.4, -0.2) is 59.2 Å². The van der Waals surface area contributed by atoms with Crippen LogP contribution in [0.3, 0.4) is 0 Å². The number of fused-ring (bicyclic) bond motifs is 1. The van der Waals surface area contributed by atoms with Gasteiger partial charge in [0, 0.05) is 19.1 Å². The molecule has 154 valence electrons. The lowest BCUT2D eigenvalue weighted by atomic mass is 9.91. The summed E-state index contributed by atoms with van der Waals surface area (Å²) in [6.07, 6.45) is -1.09. The number of piperidine rings is 1. The SMILES string of the molecule is CC(C)(C)OC(=O)N1CC[C@H]2[C@@H](C1)C(F)(F)CN2C(=O)OCc1ccccc1. The number of benzene rings is 1. The van der Waals surface area contributed by atoms with Crippen LogP contribution in [0.2, 0.25) is 0 Å². The topological polar surface area (TPSA) is 59.1 Å². The molecule has 2 aliphatic heterocycles. The molecule has 2 atom stereocenters. The number of alkyl halides is 2. The molecule has 2 aliphatic rings. The third-order valence-corrected chi connectivity index (χ3v) is 4.99. The van der Waals surface area contributed by atoms with Crippen molar-refractivity contribution in [3.8, 4) is 0 Å². The van der Waals surface area contributed by atoms with Crippen molar-refractivity contribution in [2.24, 2.45) is 5.92 Å². The third kappa shape index (κ3) is 4.54. The summed E-state index contributed by atoms with van der Waals surface area (Å²) in [4.78, 5) is 27.1. The summed E-state index contributed by atoms with van der Waals surface area (Å²) in [6.45, 7) is 4.63. The summed E-state index contributed by atoms with van der Waals surface area (Å²) in [6, 6.07) is 8.42. The zero-order chi connectivity index (χ0) is 20.5. The number of likely N-dealkylation sites (tertiary alicyclic amines) is 2. The van der Waals surface area contributed by atoms with E-state index in [9.17, 15) is 18.4 Å². The number of halogens is 2. The summed E-state index contributed by atoms with van der Waals surface area (Å²) < 4.78 is 39.7. The van der Waals surface area contributed by atoms with Crippen LogP contribution < -0.4 is 0 Å². The van der Waals surface area contributed by atoms with Crippen LogP contribution in [0.4, 0.5) is 18.4 Å². The fourth-order valence-electron chi connectivity index (χ4n) is 3.68. The minimum absolute atomic E-state index is 0.0309. The minimum atomic E-state index is -3.09. The first kappa shape index (κ1) is 20.4. The molecule has 0 saturated carbocycles. The van der Waals surface area contributed by atoms with Crippen molar-refractivity contribution < 1.29 is 27.8 Å². The van der Waals surface area contributed by atoms with E-state index in [1.165, 1.54) is 4.90 Å². The van der Waals surface area contributed by atoms with E-state index >= 15 is 0 Å². The number of rotatable bonds is 2. The van der Waals surface area contributed by atoms with Gasteiger partial charge >= 0.3 is 12.2 Å². The lowest BCUT2D eigenvalue weighted by Crippen LogP contribution is -2.52. The Balaban J connectivity index is 1.63. The van der Waals surface area contributed by atoms with E-state index in [1.807, 2.05) is 18.2 Å². The van der Waals surface area contributed by atoms with Crippen LogP contribution in [-0.2, 0) is 16.1 Å². The second-order valence-corrected chi connectivity index (χ2v) is 8.32. The molecule has 2 saturated heterocycles. The summed E-state index contributed by atoms with van der Waals surface area (Å²) in [7, 11) is 0. The molecule has 6 nitrogen and oxygen atoms in total. The fraction of sp³-hybridized carbons (Fsp3) is 0.600. The maximum atomic E-state index is 14.6. The van der Waals surface area contributed by atoms with Crippen LogP contribution >= 0.6 is 0 Å². The highest BCUT2D eigenvalue weighted by Crippen LogP contribution is 2.42. The molecule has 2 fully saturated rings. The molecule has 0 N–H and O–H groups in total. The van der Waals surface area contributed by atoms with Gasteiger partial charge in [0.2, 0.25) is 0 Å². The summed E-state index contributed by atoms with van der Waals surface area (Å²) in [5.41, 5.74) is 0.0949. The molecule has 1 aromatic carbocycles. The Morgan fingerprint density at radius 3 is 2.50 bits per heavy atom. The van der Waals surface area contributed by atoms with Gasteiger partial charge in [0.05, 0.1) is 12.5 Å². The van der Waals surface area contributed by atoms with E-state index in [-0.39, 0.29) is 26.1 Å². The van der Waals surface area contributed by atoms with Gasteiger partial charge in [0.25, 0.3) is 5.92 Å². The van der Waals surface area contributed by atoms with Gasteiger partial charge in [0.15, 0.2) is 0 Å². The molecule has 0 unspecified atom stereocenters. The molecule has 1 aromatic rings. The number of carbonyl (C=O) groups is 2. The van der Waals surface area contributed by atoms with Gasteiger partial charge < -0.3 is 14.4 Å². The maximum absolute atomic E-state index is 14.6. The van der Waals surface area contributed by atoms with E-state index in [1.54, 1.807) is 32.9 Å². The summed E-state index contributed by atoms with van der Waals surface area (Å²) in [5, 5.41) is 0. The number of carbonyl (C=O) groups excluding carboxylic acids is 2. The molecular weight excluding hydrogens is 370 g/mol. The Morgan fingerprint density at radius 1 is 1.18 bits per heavy atom. The average Bonchev–Trinajstić information content (AvgIpc) is 2.90. The second-order valence-electron chi connectivity index (χ2n) is 8.32. The monoisotopic (exact) mass is 396 g/mol. The number of ether oxygens (including phenoxy) is 2. The molecule has 2 heterocycles. The highest BCUT2D eigenvalue weighted by atomic mass is 19.3. The first-order valence-corrected chi connectivity index (χ1v) is 9.40. The second kappa shape index (κ2) is 7.56. The quantitative estimate of drug-likeness (QED) is 0.761. The minimum Gasteiger partial charge on any atom is -0.445 e. The van der Waals surface area contributed by atoms with Crippen molar-refractivity contribution in [1.82, 2.24) is 9.80 Å². The van der Waals surface area contributed by atoms with E-state index in [2.05, 4.69) is 0 Å². The molecule has 0 spiro atoms. The highest BCUT2D eigenvalue weighted by Gasteiger charge is 2.58. The maximum Gasteiger partial charge on any atom is 0.410 e. The van der Waals surface area contributed by atoms with E-state index in [0.717, 1.165) is 10.5 Å². The van der Waals surface area contributed by atoms with Crippen molar-refractivity contribution >= 4 is 12.2 Å². The van der Waals surface area contributed by atoms with Crippen LogP contribution in [0.1, 0.15) is 32.8 Å². The molecule has 3 rings (SSSR count). The predicted octanol–water partition coefficient (Wildman–Crippen LogP) is 3.90. The van der Waals surface area contributed by atoms with Crippen molar-refractivity contribution in [1.29, 1.82) is 0 Å². The van der Waals surface area contributed by atoms with Crippen LogP contribution in [0, 0.1) is 5.92 Å². The van der Waals surface area contributed by atoms with Gasteiger partial charge in [-0.3, -0.25) is 4.90 Å². The smallest absolute Gasteiger partial charge is 0.410 e. The highest BCUT2D eigenvalue weighted by molar-refractivity contribution is 5.70. The zero-order valence-electron chi connectivity index (χ0n) is 16.4. The van der Waals surface area contributed by atoms with Gasteiger partial charge in [0.1, 0.15) is 12.2 Å². The van der Waals surface area contributed by atoms with Gasteiger partial charge in [-0.15, -0.1) is 0 Å². The standard InChI is InChI=1S/C20H26F2N2O4/c1-19(2,3)28-17(25)23-10-9-16-15(11-23)20(21,22)13-24(16)18(26)27-12-14-7-5-4-6-8-14/h4-8,15-16H,9-13H2,1-3H3/t15-,16+/m1/s1. The molecule has 0 bridgehead atoms. The van der Waals surface area contributed by atoms with Gasteiger partial charge in [-0.05, 0) is 32.8 Å². The predicted molar refractivity (Wildman–Crippen MR) is 98.0 cm³/mol. The number of amides is 2. The van der Waals surface area contributed by atoms with Gasteiger partial charge in [-0.1, -0.05) is 30.3 Å². The Morgan fingerprint density at radius 2 is 1.86 bits per heavy atom. The molecule has 0 aliphatic carbocycles. The Kier molecular flexibility index (Phi) is 5.50. The van der Waals surface area contributed by atoms with Crippen molar-refractivity contribution in [3.63, 3.8) is 0 Å². The lowest BCUT2D eigenvalue weighted by Gasteiger charge is -2.38. The van der Waals surface area contributed by atoms with Crippen molar-refractivity contribution in [2.75, 3.05) is 19.6 Å². The molecular formula is C20H26F2N2O4. The van der Waals surface area contributed by atoms with E-state index < -0.39 is 42.2 Å². The van der Waals surface area contributed by atoms with E-state index in [4.69, 9.17) is 9.47 Å². The van der Waals surface area contributed by atoms with Crippen LogP contribution in [0.15, 0.2) is 30.3 Å². The van der Waals surface area contributed by atoms with Gasteiger partial charge in [-0.25, -0.2) is 18.4 Å². The summed E-state index contributed by atoms with van der Waals surface area (Å²) >= 11 is 0. The molecule has 0 aromatic heterocycles. The van der Waals surface area contributed by atoms with Crippen molar-refractivity contribution in [2.45, 2.75) is 51.4 Å². The number of hydrogen-bond donors (Lipinski definition) is 0. The van der Waals surface area contributed by atoms with Crippen LogP contribution in [0.25, 0.3) is 0 Å². The molecule has 28 heavy (non-hydrogen) atoms. The third-order valence-electron chi connectivity index (χ3n) is 4.99. The molecule has 2 amide bonds. The average molecular weight is 396 g/mol. The first-order chi connectivity index (χ1) is 13.1. The van der Waals surface area contributed by atoms with Crippen molar-refractivity contribution in [3.05, 3.63) is 35.9 Å². The lowest BCUT2D eigenvalue weighted by molar-refractivity contribution is -0.0530. The first-order valence-electron chi connectivity index (χ1n) is 9.40.